The molecule has 4 N–H and O–H groups in total. The van der Waals surface area contributed by atoms with Gasteiger partial charge in [-0.25, -0.2) is 9.13 Å². The van der Waals surface area contributed by atoms with Gasteiger partial charge in [-0.2, -0.15) is 0 Å². The number of rotatable bonds is 74. The number of ether oxygens (including phenoxy) is 3. The molecule has 0 aliphatic carbocycles. The van der Waals surface area contributed by atoms with Gasteiger partial charge in [-0.05, 0) is 128 Å². The molecular weight excluding hydrogens is 1290 g/mol. The molecule has 0 bridgehead atoms. The van der Waals surface area contributed by atoms with Crippen LogP contribution in [0.25, 0.3) is 0 Å². The Labute approximate surface area is 602 Å². The minimum absolute atomic E-state index is 0.0907. The van der Waals surface area contributed by atoms with Gasteiger partial charge in [-0.3, -0.25) is 32.5 Å². The summed E-state index contributed by atoms with van der Waals surface area (Å²) in [5.41, 5.74) is 0. The van der Waals surface area contributed by atoms with Gasteiger partial charge in [-0.1, -0.05) is 291 Å². The maximum Gasteiger partial charge on any atom is 0.472 e. The summed E-state index contributed by atoms with van der Waals surface area (Å²) in [4.78, 5) is 58.5. The molecule has 0 aliphatic rings. The zero-order chi connectivity index (χ0) is 72.3. The van der Waals surface area contributed by atoms with Gasteiger partial charge in [0.1, 0.15) is 25.4 Å². The molecule has 5 atom stereocenters. The van der Waals surface area contributed by atoms with Crippen molar-refractivity contribution in [2.45, 2.75) is 347 Å². The van der Waals surface area contributed by atoms with Crippen LogP contribution >= 0.6 is 15.6 Å². The fourth-order valence-corrected chi connectivity index (χ4v) is 12.0. The number of allylic oxidation sites excluding steroid dienone is 18. The first-order valence-corrected chi connectivity index (χ1v) is 42.2. The third-order valence-electron chi connectivity index (χ3n) is 16.4. The molecule has 0 spiro atoms. The molecule has 0 amide bonds. The fourth-order valence-electron chi connectivity index (χ4n) is 10.4. The molecule has 0 aromatic rings. The fraction of sp³-hybridized carbons (Fsp3) is 0.741. The van der Waals surface area contributed by atoms with Crippen LogP contribution < -0.4 is 0 Å². The highest BCUT2D eigenvalue weighted by Crippen LogP contribution is 2.45. The monoisotopic (exact) mass is 1430 g/mol. The van der Waals surface area contributed by atoms with Crippen LogP contribution in [0.4, 0.5) is 0 Å². The van der Waals surface area contributed by atoms with E-state index in [4.69, 9.17) is 32.3 Å². The van der Waals surface area contributed by atoms with Gasteiger partial charge in [0.05, 0.1) is 26.4 Å². The summed E-state index contributed by atoms with van der Waals surface area (Å²) in [7, 11) is -9.78. The molecule has 0 aliphatic heterocycles. The molecule has 5 unspecified atom stereocenters. The molecule has 0 radical (unpaired) electrons. The number of phosphoric ester groups is 2. The molecule has 0 fully saturated rings. The summed E-state index contributed by atoms with van der Waals surface area (Å²) in [6.45, 7) is 2.57. The molecule has 0 aromatic heterocycles. The van der Waals surface area contributed by atoms with Gasteiger partial charge in [0.15, 0.2) is 6.10 Å². The Morgan fingerprint density at radius 1 is 0.283 bits per heavy atom. The van der Waals surface area contributed by atoms with E-state index in [-0.39, 0.29) is 19.3 Å². The Balaban J connectivity index is 4.45. The number of aliphatic hydroxyl groups excluding tert-OH is 2. The molecule has 572 valence electrons. The molecule has 99 heavy (non-hydrogen) atoms. The standard InChI is InChI=1S/C81H142O16P2/c1-4-7-10-13-16-19-22-24-26-28-30-32-34-35-36-37-38-39-41-43-44-46-48-50-53-55-58-61-64-67-79(84)91-70-76(82)71-93-98(87,88)94-72-77(83)73-95-99(89,90)96-75-78(97-81(86)69-66-63-60-57-52-21-18-15-12-9-6-3)74-92-80(85)68-65-62-59-56-54-51-49-47-45-42-40-33-31-29-27-25-23-20-17-14-11-8-5-2/h15-20,24-27,30-33,35-36,42,45,76-78,82-83H,4-14,21-23,28-29,34,37-41,43-44,46-75H2,1-3H3,(H,87,88)(H,89,90)/b18-15-,19-16-,20-17-,26-24-,27-25-,32-30-,33-31-,36-35-,45-42-. The van der Waals surface area contributed by atoms with Crippen molar-refractivity contribution in [3.63, 3.8) is 0 Å². The Hall–Kier alpha value is -3.79. The summed E-state index contributed by atoms with van der Waals surface area (Å²) >= 11 is 0. The Morgan fingerprint density at radius 3 is 0.838 bits per heavy atom. The lowest BCUT2D eigenvalue weighted by molar-refractivity contribution is -0.161. The summed E-state index contributed by atoms with van der Waals surface area (Å²) < 4.78 is 61.0. The van der Waals surface area contributed by atoms with Crippen LogP contribution in [0.5, 0.6) is 0 Å². The number of hydrogen-bond donors (Lipinski definition) is 4. The second-order valence-corrected chi connectivity index (χ2v) is 29.1. The summed E-state index contributed by atoms with van der Waals surface area (Å²) in [6, 6.07) is 0. The zero-order valence-electron chi connectivity index (χ0n) is 62.4. The number of esters is 3. The van der Waals surface area contributed by atoms with Crippen molar-refractivity contribution in [3.05, 3.63) is 109 Å². The van der Waals surface area contributed by atoms with Gasteiger partial charge in [0.2, 0.25) is 0 Å². The number of carbonyl (C=O) groups excluding carboxylic acids is 3. The summed E-state index contributed by atoms with van der Waals surface area (Å²) in [6.07, 6.45) is 85.8. The van der Waals surface area contributed by atoms with Crippen molar-refractivity contribution in [1.29, 1.82) is 0 Å². The molecule has 0 saturated heterocycles. The number of carbonyl (C=O) groups is 3. The lowest BCUT2D eigenvalue weighted by Crippen LogP contribution is -2.30. The minimum atomic E-state index is -4.93. The van der Waals surface area contributed by atoms with E-state index in [1.165, 1.54) is 122 Å². The second kappa shape index (κ2) is 73.9. The average Bonchev–Trinajstić information content (AvgIpc) is 1.23. The van der Waals surface area contributed by atoms with Crippen LogP contribution in [0.3, 0.4) is 0 Å². The number of phosphoric acid groups is 2. The van der Waals surface area contributed by atoms with E-state index in [0.717, 1.165) is 148 Å². The number of unbranched alkanes of at least 4 members (excludes halogenated alkanes) is 33. The van der Waals surface area contributed by atoms with E-state index < -0.39 is 91.5 Å². The number of hydrogen-bond acceptors (Lipinski definition) is 14. The van der Waals surface area contributed by atoms with E-state index in [0.29, 0.717) is 19.3 Å². The summed E-state index contributed by atoms with van der Waals surface area (Å²) in [5.74, 6) is -1.59. The largest absolute Gasteiger partial charge is 0.472 e. The molecule has 0 rings (SSSR count). The SMILES string of the molecule is CCCC/C=C\CCCCCCCC(=O)OC(COC(=O)CCCCCCCCC/C=C\C/C=C\C/C=C\C/C=C\CCCCC)COP(=O)(O)OCC(O)COP(=O)(O)OCC(O)COC(=O)CCCCCCCCCCCCCCC/C=C\C/C=C\C/C=C\C/C=C\CCCCC. The molecule has 18 heteroatoms. The predicted octanol–water partition coefficient (Wildman–Crippen LogP) is 22.8. The van der Waals surface area contributed by atoms with Gasteiger partial charge in [0.25, 0.3) is 0 Å². The van der Waals surface area contributed by atoms with Crippen molar-refractivity contribution in [3.8, 4) is 0 Å². The third kappa shape index (κ3) is 75.2. The smallest absolute Gasteiger partial charge is 0.463 e. The Morgan fingerprint density at radius 2 is 0.515 bits per heavy atom. The van der Waals surface area contributed by atoms with Crippen molar-refractivity contribution in [1.82, 2.24) is 0 Å². The van der Waals surface area contributed by atoms with Crippen LogP contribution in [0.1, 0.15) is 329 Å². The van der Waals surface area contributed by atoms with Gasteiger partial charge in [-0.15, -0.1) is 0 Å². The quantitative estimate of drug-likeness (QED) is 0.0146. The Kier molecular flexibility index (Phi) is 71.1. The maximum atomic E-state index is 12.9. The van der Waals surface area contributed by atoms with Crippen LogP contribution in [-0.2, 0) is 55.8 Å². The van der Waals surface area contributed by atoms with Crippen molar-refractivity contribution in [2.75, 3.05) is 39.6 Å². The molecular formula is C81H142O16P2. The molecule has 0 aromatic carbocycles. The highest BCUT2D eigenvalue weighted by Gasteiger charge is 2.29. The van der Waals surface area contributed by atoms with Crippen LogP contribution in [-0.4, -0.2) is 95.9 Å². The highest BCUT2D eigenvalue weighted by atomic mass is 31.2. The molecule has 16 nitrogen and oxygen atoms in total. The second-order valence-electron chi connectivity index (χ2n) is 26.2. The molecule has 0 saturated carbocycles. The normalized spacial score (nSPS) is 14.6. The van der Waals surface area contributed by atoms with Gasteiger partial charge >= 0.3 is 33.6 Å². The lowest BCUT2D eigenvalue weighted by Gasteiger charge is -2.21. The van der Waals surface area contributed by atoms with Crippen LogP contribution in [0.15, 0.2) is 109 Å². The maximum absolute atomic E-state index is 12.9. The van der Waals surface area contributed by atoms with Crippen molar-refractivity contribution >= 4 is 33.6 Å². The number of aliphatic hydroxyl groups is 2. The predicted molar refractivity (Wildman–Crippen MR) is 408 cm³/mol. The average molecular weight is 1430 g/mol. The van der Waals surface area contributed by atoms with Gasteiger partial charge < -0.3 is 34.2 Å². The third-order valence-corrected chi connectivity index (χ3v) is 18.3. The first-order valence-electron chi connectivity index (χ1n) is 39.2. The highest BCUT2D eigenvalue weighted by molar-refractivity contribution is 7.47. The van der Waals surface area contributed by atoms with E-state index in [1.54, 1.807) is 0 Å². The molecule has 0 heterocycles. The summed E-state index contributed by atoms with van der Waals surface area (Å²) in [5, 5.41) is 20.6. The van der Waals surface area contributed by atoms with E-state index in [2.05, 4.69) is 130 Å². The minimum Gasteiger partial charge on any atom is -0.463 e. The lowest BCUT2D eigenvalue weighted by atomic mass is 10.0. The zero-order valence-corrected chi connectivity index (χ0v) is 64.2. The van der Waals surface area contributed by atoms with E-state index in [1.807, 2.05) is 0 Å². The first kappa shape index (κ1) is 95.2. The van der Waals surface area contributed by atoms with Crippen molar-refractivity contribution in [2.24, 2.45) is 0 Å². The van der Waals surface area contributed by atoms with E-state index in [9.17, 15) is 43.5 Å². The van der Waals surface area contributed by atoms with Gasteiger partial charge in [0, 0.05) is 19.3 Å². The topological polar surface area (TPSA) is 231 Å². The first-order chi connectivity index (χ1) is 48.2. The Bertz CT molecular complexity index is 2240. The van der Waals surface area contributed by atoms with E-state index >= 15 is 0 Å². The van der Waals surface area contributed by atoms with Crippen LogP contribution in [0, 0.1) is 0 Å². The van der Waals surface area contributed by atoms with Crippen molar-refractivity contribution < 1.29 is 75.8 Å². The van der Waals surface area contributed by atoms with Crippen LogP contribution in [0.2, 0.25) is 0 Å².